The number of carbonyl (C=O) groups is 1. The van der Waals surface area contributed by atoms with Crippen molar-refractivity contribution < 1.29 is 14.3 Å². The van der Waals surface area contributed by atoms with E-state index in [1.165, 1.54) is 28.7 Å². The predicted molar refractivity (Wildman–Crippen MR) is 127 cm³/mol. The quantitative estimate of drug-likeness (QED) is 0.283. The molecule has 1 aliphatic heterocycles. The van der Waals surface area contributed by atoms with Crippen molar-refractivity contribution in [3.05, 3.63) is 119 Å². The highest BCUT2D eigenvalue weighted by atomic mass is 16.5. The van der Waals surface area contributed by atoms with Gasteiger partial charge in [-0.15, -0.1) is 0 Å². The van der Waals surface area contributed by atoms with Crippen molar-refractivity contribution >= 4 is 27.5 Å². The van der Waals surface area contributed by atoms with Crippen molar-refractivity contribution in [1.82, 2.24) is 0 Å². The average molecular weight is 416 g/mol. The Hall–Kier alpha value is -4.11. The number of hydrogen-bond acceptors (Lipinski definition) is 3. The molecule has 154 valence electrons. The Morgan fingerprint density at radius 3 is 1.75 bits per heavy atom. The van der Waals surface area contributed by atoms with E-state index in [-0.39, 0.29) is 11.9 Å². The van der Waals surface area contributed by atoms with Crippen molar-refractivity contribution in [2.24, 2.45) is 0 Å². The normalized spacial score (nSPS) is 12.8. The first-order chi connectivity index (χ1) is 15.7. The van der Waals surface area contributed by atoms with Crippen LogP contribution in [0.2, 0.25) is 0 Å². The monoisotopic (exact) mass is 416 g/mol. The molecular formula is C29H20O3. The summed E-state index contributed by atoms with van der Waals surface area (Å²) >= 11 is 0. The zero-order valence-electron chi connectivity index (χ0n) is 17.5. The van der Waals surface area contributed by atoms with E-state index in [1.807, 2.05) is 24.3 Å². The van der Waals surface area contributed by atoms with Gasteiger partial charge in [0.25, 0.3) is 0 Å². The lowest BCUT2D eigenvalue weighted by molar-refractivity contribution is 0.0600. The molecule has 0 fully saturated rings. The van der Waals surface area contributed by atoms with Crippen LogP contribution in [0.15, 0.2) is 97.1 Å². The van der Waals surface area contributed by atoms with Gasteiger partial charge < -0.3 is 9.47 Å². The third-order valence-electron chi connectivity index (χ3n) is 6.32. The van der Waals surface area contributed by atoms with Crippen molar-refractivity contribution in [1.29, 1.82) is 0 Å². The Bertz CT molecular complexity index is 1410. The van der Waals surface area contributed by atoms with Gasteiger partial charge in [0.15, 0.2) is 0 Å². The first kappa shape index (κ1) is 18.6. The molecule has 1 aliphatic rings. The fourth-order valence-corrected chi connectivity index (χ4v) is 4.85. The molecule has 0 unspecified atom stereocenters. The fraction of sp³-hybridized carbons (Fsp3) is 0.0690. The van der Waals surface area contributed by atoms with Crippen molar-refractivity contribution in [3.8, 4) is 11.5 Å². The Morgan fingerprint density at radius 2 is 1.22 bits per heavy atom. The number of ether oxygens (including phenoxy) is 2. The van der Waals surface area contributed by atoms with E-state index in [2.05, 4.69) is 72.8 Å². The number of methoxy groups -OCH3 is 1. The highest BCUT2D eigenvalue weighted by Gasteiger charge is 2.32. The summed E-state index contributed by atoms with van der Waals surface area (Å²) in [5.74, 6) is 1.37. The summed E-state index contributed by atoms with van der Waals surface area (Å²) in [5.41, 5.74) is 3.95. The van der Waals surface area contributed by atoms with Crippen LogP contribution < -0.4 is 4.74 Å². The lowest BCUT2D eigenvalue weighted by Gasteiger charge is -2.31. The minimum Gasteiger partial charge on any atom is -0.465 e. The fourth-order valence-electron chi connectivity index (χ4n) is 4.85. The van der Waals surface area contributed by atoms with Crippen molar-refractivity contribution in [2.75, 3.05) is 7.11 Å². The molecule has 0 amide bonds. The molecule has 0 saturated carbocycles. The third-order valence-corrected chi connectivity index (χ3v) is 6.32. The molecule has 0 aliphatic carbocycles. The minimum atomic E-state index is -0.333. The second-order valence-electron chi connectivity index (χ2n) is 8.05. The van der Waals surface area contributed by atoms with E-state index in [1.54, 1.807) is 0 Å². The van der Waals surface area contributed by atoms with Crippen LogP contribution in [0, 0.1) is 0 Å². The lowest BCUT2D eigenvalue weighted by Crippen LogP contribution is -2.13. The number of esters is 1. The summed E-state index contributed by atoms with van der Waals surface area (Å²) in [6.45, 7) is 0. The predicted octanol–water partition coefficient (Wildman–Crippen LogP) is 7.07. The molecule has 0 saturated heterocycles. The van der Waals surface area contributed by atoms with Crippen molar-refractivity contribution in [3.63, 3.8) is 0 Å². The zero-order valence-corrected chi connectivity index (χ0v) is 17.5. The van der Waals surface area contributed by atoms with Crippen LogP contribution in [0.25, 0.3) is 21.5 Å². The summed E-state index contributed by atoms with van der Waals surface area (Å²) in [7, 11) is 1.40. The highest BCUT2D eigenvalue weighted by Crippen LogP contribution is 2.52. The molecule has 0 N–H and O–H groups in total. The van der Waals surface area contributed by atoms with Crippen LogP contribution >= 0.6 is 0 Å². The SMILES string of the molecule is COC(=O)c1ccc(C2c3c(ccc4ccccc34)Oc3ccc4ccccc4c32)cc1. The van der Waals surface area contributed by atoms with Gasteiger partial charge >= 0.3 is 5.97 Å². The van der Waals surface area contributed by atoms with Crippen LogP contribution in [-0.2, 0) is 4.74 Å². The molecule has 0 bridgehead atoms. The van der Waals surface area contributed by atoms with Gasteiger partial charge in [-0.25, -0.2) is 4.79 Å². The van der Waals surface area contributed by atoms with Gasteiger partial charge in [-0.1, -0.05) is 72.8 Å². The van der Waals surface area contributed by atoms with E-state index in [9.17, 15) is 4.79 Å². The van der Waals surface area contributed by atoms with Crippen LogP contribution in [0.3, 0.4) is 0 Å². The maximum absolute atomic E-state index is 12.0. The largest absolute Gasteiger partial charge is 0.465 e. The smallest absolute Gasteiger partial charge is 0.337 e. The summed E-state index contributed by atoms with van der Waals surface area (Å²) in [6, 6.07) is 32.9. The average Bonchev–Trinajstić information content (AvgIpc) is 2.86. The van der Waals surface area contributed by atoms with Gasteiger partial charge in [0.05, 0.1) is 12.7 Å². The summed E-state index contributed by atoms with van der Waals surface area (Å²) in [4.78, 5) is 12.0. The Labute approximate surface area is 185 Å². The number of fused-ring (bicyclic) bond motifs is 6. The summed E-state index contributed by atoms with van der Waals surface area (Å²) in [6.07, 6.45) is 0. The Balaban J connectivity index is 1.67. The van der Waals surface area contributed by atoms with Gasteiger partial charge in [-0.2, -0.15) is 0 Å². The number of benzene rings is 5. The van der Waals surface area contributed by atoms with Gasteiger partial charge in [0.1, 0.15) is 11.5 Å². The third kappa shape index (κ3) is 2.78. The first-order valence-electron chi connectivity index (χ1n) is 10.6. The molecular weight excluding hydrogens is 396 g/mol. The van der Waals surface area contributed by atoms with Gasteiger partial charge in [-0.3, -0.25) is 0 Å². The molecule has 0 spiro atoms. The summed E-state index contributed by atoms with van der Waals surface area (Å²) in [5, 5.41) is 4.70. The topological polar surface area (TPSA) is 35.5 Å². The molecule has 0 atom stereocenters. The van der Waals surface area contributed by atoms with Gasteiger partial charge in [0, 0.05) is 17.0 Å². The van der Waals surface area contributed by atoms with E-state index in [4.69, 9.17) is 9.47 Å². The van der Waals surface area contributed by atoms with Crippen LogP contribution in [-0.4, -0.2) is 13.1 Å². The first-order valence-corrected chi connectivity index (χ1v) is 10.6. The number of carbonyl (C=O) groups excluding carboxylic acids is 1. The molecule has 0 radical (unpaired) electrons. The molecule has 5 aromatic rings. The molecule has 32 heavy (non-hydrogen) atoms. The lowest BCUT2D eigenvalue weighted by atomic mass is 9.78. The maximum atomic E-state index is 12.0. The summed E-state index contributed by atoms with van der Waals surface area (Å²) < 4.78 is 11.3. The molecule has 5 aromatic carbocycles. The van der Waals surface area contributed by atoms with E-state index < -0.39 is 0 Å². The second kappa shape index (κ2) is 7.24. The Morgan fingerprint density at radius 1 is 0.688 bits per heavy atom. The van der Waals surface area contributed by atoms with Gasteiger partial charge in [0.2, 0.25) is 0 Å². The van der Waals surface area contributed by atoms with Crippen LogP contribution in [0.4, 0.5) is 0 Å². The molecule has 0 aromatic heterocycles. The molecule has 3 nitrogen and oxygen atoms in total. The standard InChI is InChI=1S/C29H20O3/c1-31-29(30)21-12-10-20(11-13-21)26-27-22-8-4-2-6-18(22)14-16-24(27)32-25-17-15-19-7-3-5-9-23(19)28(25)26/h2-17,26H,1H3. The molecule has 3 heteroatoms. The maximum Gasteiger partial charge on any atom is 0.337 e. The van der Waals surface area contributed by atoms with E-state index in [0.717, 1.165) is 28.2 Å². The van der Waals surface area contributed by atoms with E-state index in [0.29, 0.717) is 5.56 Å². The van der Waals surface area contributed by atoms with E-state index >= 15 is 0 Å². The molecule has 6 rings (SSSR count). The minimum absolute atomic E-state index is 0.0300. The van der Waals surface area contributed by atoms with Crippen LogP contribution in [0.1, 0.15) is 33.0 Å². The highest BCUT2D eigenvalue weighted by molar-refractivity contribution is 5.95. The van der Waals surface area contributed by atoms with Crippen LogP contribution in [0.5, 0.6) is 11.5 Å². The zero-order chi connectivity index (χ0) is 21.7. The Kier molecular flexibility index (Phi) is 4.22. The second-order valence-corrected chi connectivity index (χ2v) is 8.05. The van der Waals surface area contributed by atoms with Gasteiger partial charge in [-0.05, 0) is 51.4 Å². The number of rotatable bonds is 2. The van der Waals surface area contributed by atoms with Crippen molar-refractivity contribution in [2.45, 2.75) is 5.92 Å². The molecule has 1 heterocycles. The number of hydrogen-bond donors (Lipinski definition) is 0.